The molecule has 5 nitrogen and oxygen atoms in total. The third-order valence-electron chi connectivity index (χ3n) is 2.57. The fourth-order valence-corrected chi connectivity index (χ4v) is 1.63. The Morgan fingerprint density at radius 2 is 2.17 bits per heavy atom. The molecule has 5 heteroatoms. The van der Waals surface area contributed by atoms with Crippen molar-refractivity contribution in [3.63, 3.8) is 0 Å². The summed E-state index contributed by atoms with van der Waals surface area (Å²) in [5.41, 5.74) is 0.911. The standard InChI is InChI=1S/C13H14O5/c1-8-4-13(16)18-12-3-2-10(5-11(8)12)17-7-9(15)6-14/h2-5,9,14-15H,6-7H2,1H3. The molecule has 0 fully saturated rings. The maximum absolute atomic E-state index is 11.2. The summed E-state index contributed by atoms with van der Waals surface area (Å²) in [6.07, 6.45) is -0.907. The van der Waals surface area contributed by atoms with Crippen LogP contribution in [0.3, 0.4) is 0 Å². The highest BCUT2D eigenvalue weighted by atomic mass is 16.5. The summed E-state index contributed by atoms with van der Waals surface area (Å²) in [5, 5.41) is 18.7. The molecule has 96 valence electrons. The fourth-order valence-electron chi connectivity index (χ4n) is 1.63. The normalized spacial score (nSPS) is 12.6. The Kier molecular flexibility index (Phi) is 3.64. The van der Waals surface area contributed by atoms with E-state index in [1.807, 2.05) is 6.92 Å². The van der Waals surface area contributed by atoms with Crippen molar-refractivity contribution in [2.24, 2.45) is 0 Å². The molecule has 1 unspecified atom stereocenters. The third kappa shape index (κ3) is 2.69. The first-order chi connectivity index (χ1) is 8.60. The topological polar surface area (TPSA) is 79.9 Å². The summed E-state index contributed by atoms with van der Waals surface area (Å²) in [6.45, 7) is 1.48. The van der Waals surface area contributed by atoms with E-state index in [2.05, 4.69) is 0 Å². The zero-order valence-corrected chi connectivity index (χ0v) is 9.92. The lowest BCUT2D eigenvalue weighted by molar-refractivity contribution is 0.0536. The molecule has 1 atom stereocenters. The number of hydrogen-bond donors (Lipinski definition) is 2. The van der Waals surface area contributed by atoms with Gasteiger partial charge in [0.1, 0.15) is 24.0 Å². The van der Waals surface area contributed by atoms with E-state index in [-0.39, 0.29) is 18.8 Å². The first-order valence-corrected chi connectivity index (χ1v) is 5.56. The van der Waals surface area contributed by atoms with Gasteiger partial charge >= 0.3 is 5.63 Å². The van der Waals surface area contributed by atoms with Crippen LogP contribution in [0.1, 0.15) is 5.56 Å². The quantitative estimate of drug-likeness (QED) is 0.786. The number of hydrogen-bond acceptors (Lipinski definition) is 5. The van der Waals surface area contributed by atoms with Crippen molar-refractivity contribution in [2.45, 2.75) is 13.0 Å². The molecule has 2 rings (SSSR count). The first-order valence-electron chi connectivity index (χ1n) is 5.56. The Bertz CT molecular complexity index is 602. The van der Waals surface area contributed by atoms with Gasteiger partial charge in [0.2, 0.25) is 0 Å². The number of aliphatic hydroxyl groups excluding tert-OH is 2. The number of fused-ring (bicyclic) bond motifs is 1. The molecular weight excluding hydrogens is 236 g/mol. The van der Waals surface area contributed by atoms with Crippen molar-refractivity contribution in [2.75, 3.05) is 13.2 Å². The third-order valence-corrected chi connectivity index (χ3v) is 2.57. The van der Waals surface area contributed by atoms with Crippen LogP contribution in [0.15, 0.2) is 33.5 Å². The van der Waals surface area contributed by atoms with Crippen LogP contribution >= 0.6 is 0 Å². The molecule has 0 spiro atoms. The predicted molar refractivity (Wildman–Crippen MR) is 65.8 cm³/mol. The average molecular weight is 250 g/mol. The number of aryl methyl sites for hydroxylation is 1. The molecule has 0 aliphatic carbocycles. The van der Waals surface area contributed by atoms with Gasteiger partial charge in [-0.25, -0.2) is 4.79 Å². The molecular formula is C13H14O5. The van der Waals surface area contributed by atoms with Crippen molar-refractivity contribution in [3.8, 4) is 5.75 Å². The zero-order valence-electron chi connectivity index (χ0n) is 9.92. The van der Waals surface area contributed by atoms with Gasteiger partial charge in [-0.1, -0.05) is 0 Å². The summed E-state index contributed by atoms with van der Waals surface area (Å²) < 4.78 is 10.4. The number of rotatable bonds is 4. The Hall–Kier alpha value is -1.85. The first kappa shape index (κ1) is 12.6. The molecule has 2 aromatic rings. The van der Waals surface area contributed by atoms with Crippen LogP contribution in [0.5, 0.6) is 5.75 Å². The molecule has 0 aliphatic heterocycles. The minimum Gasteiger partial charge on any atom is -0.491 e. The van der Waals surface area contributed by atoms with Gasteiger partial charge in [0, 0.05) is 11.5 Å². The average Bonchev–Trinajstić information content (AvgIpc) is 2.36. The molecule has 0 radical (unpaired) electrons. The van der Waals surface area contributed by atoms with Gasteiger partial charge in [0.15, 0.2) is 0 Å². The van der Waals surface area contributed by atoms with Gasteiger partial charge in [0.05, 0.1) is 6.61 Å². The minimum absolute atomic E-state index is 0.0117. The van der Waals surface area contributed by atoms with E-state index < -0.39 is 6.10 Å². The molecule has 1 aromatic carbocycles. The van der Waals surface area contributed by atoms with Gasteiger partial charge in [0.25, 0.3) is 0 Å². The van der Waals surface area contributed by atoms with Crippen molar-refractivity contribution >= 4 is 11.0 Å². The van der Waals surface area contributed by atoms with E-state index >= 15 is 0 Å². The van der Waals surface area contributed by atoms with E-state index in [0.717, 1.165) is 10.9 Å². The highest BCUT2D eigenvalue weighted by Gasteiger charge is 2.06. The molecule has 2 N–H and O–H groups in total. The second-order valence-electron chi connectivity index (χ2n) is 4.05. The van der Waals surface area contributed by atoms with Gasteiger partial charge in [-0.2, -0.15) is 0 Å². The highest BCUT2D eigenvalue weighted by molar-refractivity contribution is 5.81. The monoisotopic (exact) mass is 250 g/mol. The molecule has 18 heavy (non-hydrogen) atoms. The minimum atomic E-state index is -0.907. The van der Waals surface area contributed by atoms with E-state index in [4.69, 9.17) is 14.3 Å². The summed E-state index contributed by atoms with van der Waals surface area (Å²) in [4.78, 5) is 11.2. The zero-order chi connectivity index (χ0) is 13.1. The van der Waals surface area contributed by atoms with Gasteiger partial charge in [-0.15, -0.1) is 0 Å². The SMILES string of the molecule is Cc1cc(=O)oc2ccc(OCC(O)CO)cc12. The van der Waals surface area contributed by atoms with E-state index in [9.17, 15) is 9.90 Å². The maximum Gasteiger partial charge on any atom is 0.336 e. The number of benzene rings is 1. The second kappa shape index (κ2) is 5.20. The lowest BCUT2D eigenvalue weighted by Gasteiger charge is -2.10. The molecule has 0 bridgehead atoms. The van der Waals surface area contributed by atoms with Crippen molar-refractivity contribution in [1.82, 2.24) is 0 Å². The van der Waals surface area contributed by atoms with Crippen LogP contribution in [-0.4, -0.2) is 29.5 Å². The Labute approximate surface area is 103 Å². The number of ether oxygens (including phenoxy) is 1. The Balaban J connectivity index is 2.30. The maximum atomic E-state index is 11.2. The van der Waals surface area contributed by atoms with E-state index in [0.29, 0.717) is 11.3 Å². The van der Waals surface area contributed by atoms with E-state index in [1.165, 1.54) is 6.07 Å². The Morgan fingerprint density at radius 1 is 1.39 bits per heavy atom. The summed E-state index contributed by atoms with van der Waals surface area (Å²) in [7, 11) is 0. The van der Waals surface area contributed by atoms with Gasteiger partial charge in [-0.05, 0) is 30.7 Å². The Morgan fingerprint density at radius 3 is 2.89 bits per heavy atom. The van der Waals surface area contributed by atoms with Crippen molar-refractivity contribution in [3.05, 3.63) is 40.2 Å². The molecule has 0 saturated heterocycles. The highest BCUT2D eigenvalue weighted by Crippen LogP contribution is 2.22. The van der Waals surface area contributed by atoms with Crippen LogP contribution in [0, 0.1) is 6.92 Å². The molecule has 0 amide bonds. The van der Waals surface area contributed by atoms with Crippen LogP contribution in [0.4, 0.5) is 0 Å². The molecule has 1 heterocycles. The van der Waals surface area contributed by atoms with Crippen molar-refractivity contribution in [1.29, 1.82) is 0 Å². The summed E-state index contributed by atoms with van der Waals surface area (Å²) in [5.74, 6) is 0.548. The largest absolute Gasteiger partial charge is 0.491 e. The summed E-state index contributed by atoms with van der Waals surface area (Å²) >= 11 is 0. The summed E-state index contributed by atoms with van der Waals surface area (Å²) in [6, 6.07) is 6.44. The van der Waals surface area contributed by atoms with E-state index in [1.54, 1.807) is 18.2 Å². The van der Waals surface area contributed by atoms with Crippen LogP contribution in [0.2, 0.25) is 0 Å². The van der Waals surface area contributed by atoms with Crippen molar-refractivity contribution < 1.29 is 19.4 Å². The molecule has 0 saturated carbocycles. The van der Waals surface area contributed by atoms with Crippen LogP contribution in [-0.2, 0) is 0 Å². The smallest absolute Gasteiger partial charge is 0.336 e. The molecule has 1 aromatic heterocycles. The van der Waals surface area contributed by atoms with Crippen LogP contribution in [0.25, 0.3) is 11.0 Å². The molecule has 0 aliphatic rings. The van der Waals surface area contributed by atoms with Gasteiger partial charge in [-0.3, -0.25) is 0 Å². The lowest BCUT2D eigenvalue weighted by atomic mass is 10.1. The predicted octanol–water partition coefficient (Wildman–Crippen LogP) is 0.833. The fraction of sp³-hybridized carbons (Fsp3) is 0.308. The number of aliphatic hydroxyl groups is 2. The van der Waals surface area contributed by atoms with Gasteiger partial charge < -0.3 is 19.4 Å². The second-order valence-corrected chi connectivity index (χ2v) is 4.05. The lowest BCUT2D eigenvalue weighted by Crippen LogP contribution is -2.21. The van der Waals surface area contributed by atoms with Crippen LogP contribution < -0.4 is 10.4 Å².